The Labute approximate surface area is 210 Å². The van der Waals surface area contributed by atoms with Crippen molar-refractivity contribution in [1.82, 2.24) is 24.1 Å². The number of aromatic amines is 1. The summed E-state index contributed by atoms with van der Waals surface area (Å²) in [7, 11) is 0. The van der Waals surface area contributed by atoms with Crippen LogP contribution in [0.4, 0.5) is 0 Å². The Balaban J connectivity index is 1.44. The third kappa shape index (κ3) is 3.45. The number of carbonyl (C=O) groups is 1. The number of rotatable bonds is 6. The lowest BCUT2D eigenvalue weighted by atomic mass is 10.1. The van der Waals surface area contributed by atoms with E-state index in [9.17, 15) is 9.59 Å². The number of ketones is 1. The molecule has 0 radical (unpaired) electrons. The van der Waals surface area contributed by atoms with E-state index in [4.69, 9.17) is 0 Å². The van der Waals surface area contributed by atoms with Crippen LogP contribution >= 0.6 is 11.8 Å². The summed E-state index contributed by atoms with van der Waals surface area (Å²) >= 11 is 1.32. The van der Waals surface area contributed by atoms with Crippen LogP contribution in [0.3, 0.4) is 0 Å². The van der Waals surface area contributed by atoms with E-state index in [0.29, 0.717) is 27.4 Å². The highest BCUT2D eigenvalue weighted by Crippen LogP contribution is 2.27. The molecule has 0 fully saturated rings. The number of hydrogen-bond acceptors (Lipinski definition) is 5. The maximum Gasteiger partial charge on any atom is 0.267 e. The third-order valence-electron chi connectivity index (χ3n) is 6.57. The standard InChI is InChI=1S/C28H23N5O2S/c1-3-18-10-8-12-19-21(15-29-25(18)19)24(34)16-36-28-31-30-27-32(22-13-6-4-9-17(22)2)26(35)20-11-5-7-14-23(20)33(27)28/h4-15,29H,3,16H2,1-2H3. The van der Waals surface area contributed by atoms with Gasteiger partial charge in [0.05, 0.1) is 22.3 Å². The Morgan fingerprint density at radius 1 is 0.972 bits per heavy atom. The average Bonchev–Trinajstić information content (AvgIpc) is 3.53. The largest absolute Gasteiger partial charge is 0.360 e. The van der Waals surface area contributed by atoms with Crippen LogP contribution in [0.25, 0.3) is 33.3 Å². The van der Waals surface area contributed by atoms with Crippen LogP contribution in [-0.4, -0.2) is 35.7 Å². The number of hydrogen-bond donors (Lipinski definition) is 1. The summed E-state index contributed by atoms with van der Waals surface area (Å²) in [4.78, 5) is 30.0. The van der Waals surface area contributed by atoms with Crippen LogP contribution in [0.5, 0.6) is 0 Å². The minimum absolute atomic E-state index is 0.00721. The molecule has 0 aliphatic rings. The highest BCUT2D eigenvalue weighted by Gasteiger charge is 2.20. The van der Waals surface area contributed by atoms with Gasteiger partial charge in [-0.05, 0) is 42.7 Å². The molecule has 8 heteroatoms. The summed E-state index contributed by atoms with van der Waals surface area (Å²) in [5.74, 6) is 0.623. The van der Waals surface area contributed by atoms with E-state index in [1.807, 2.05) is 72.0 Å². The molecule has 3 aromatic carbocycles. The van der Waals surface area contributed by atoms with Crippen molar-refractivity contribution in [2.75, 3.05) is 5.75 Å². The van der Waals surface area contributed by atoms with Gasteiger partial charge in [-0.1, -0.05) is 67.2 Å². The summed E-state index contributed by atoms with van der Waals surface area (Å²) in [6, 6.07) is 21.2. The number of Topliss-reactive ketones (excluding diaryl/α,β-unsaturated/α-hetero) is 1. The van der Waals surface area contributed by atoms with Crippen molar-refractivity contribution in [3.8, 4) is 5.69 Å². The summed E-state index contributed by atoms with van der Waals surface area (Å²) in [6.45, 7) is 4.06. The molecule has 0 amide bonds. The zero-order chi connectivity index (χ0) is 24.8. The number of benzene rings is 3. The van der Waals surface area contributed by atoms with E-state index in [1.165, 1.54) is 17.3 Å². The second-order valence-electron chi connectivity index (χ2n) is 8.67. The van der Waals surface area contributed by atoms with Gasteiger partial charge >= 0.3 is 0 Å². The molecule has 0 saturated heterocycles. The minimum Gasteiger partial charge on any atom is -0.360 e. The fraction of sp³-hybridized carbons (Fsp3) is 0.143. The Bertz CT molecular complexity index is 1850. The minimum atomic E-state index is -0.155. The average molecular weight is 494 g/mol. The Morgan fingerprint density at radius 3 is 2.58 bits per heavy atom. The molecule has 0 unspecified atom stereocenters. The second kappa shape index (κ2) is 8.80. The number of para-hydroxylation sites is 3. The van der Waals surface area contributed by atoms with Crippen LogP contribution in [-0.2, 0) is 6.42 Å². The molecule has 0 atom stereocenters. The van der Waals surface area contributed by atoms with Gasteiger partial charge in [0.1, 0.15) is 0 Å². The first-order valence-electron chi connectivity index (χ1n) is 11.8. The molecule has 3 aromatic heterocycles. The van der Waals surface area contributed by atoms with Gasteiger partial charge in [0, 0.05) is 22.7 Å². The van der Waals surface area contributed by atoms with Crippen molar-refractivity contribution in [3.05, 3.63) is 100.0 Å². The summed E-state index contributed by atoms with van der Waals surface area (Å²) in [6.07, 6.45) is 2.68. The van der Waals surface area contributed by atoms with Crippen molar-refractivity contribution in [2.24, 2.45) is 0 Å². The first-order valence-corrected chi connectivity index (χ1v) is 12.8. The lowest BCUT2D eigenvalue weighted by Gasteiger charge is -2.13. The van der Waals surface area contributed by atoms with Gasteiger partial charge in [-0.25, -0.2) is 4.57 Å². The zero-order valence-electron chi connectivity index (χ0n) is 19.9. The fourth-order valence-electron chi connectivity index (χ4n) is 4.75. The lowest BCUT2D eigenvalue weighted by molar-refractivity contribution is 0.102. The van der Waals surface area contributed by atoms with E-state index >= 15 is 0 Å². The number of nitrogens with zero attached hydrogens (tertiary/aromatic N) is 4. The summed E-state index contributed by atoms with van der Waals surface area (Å²) in [5.41, 5.74) is 5.12. The Morgan fingerprint density at radius 2 is 1.75 bits per heavy atom. The van der Waals surface area contributed by atoms with E-state index in [1.54, 1.807) is 10.8 Å². The van der Waals surface area contributed by atoms with Crippen molar-refractivity contribution < 1.29 is 4.79 Å². The molecule has 7 nitrogen and oxygen atoms in total. The first-order chi connectivity index (χ1) is 17.6. The molecule has 0 spiro atoms. The molecular formula is C28H23N5O2S. The predicted molar refractivity (Wildman–Crippen MR) is 144 cm³/mol. The van der Waals surface area contributed by atoms with Gasteiger partial charge in [0.15, 0.2) is 10.9 Å². The van der Waals surface area contributed by atoms with E-state index in [2.05, 4.69) is 28.2 Å². The number of carbonyl (C=O) groups excluding carboxylic acids is 1. The van der Waals surface area contributed by atoms with Gasteiger partial charge in [-0.3, -0.25) is 14.0 Å². The lowest BCUT2D eigenvalue weighted by Crippen LogP contribution is -2.22. The van der Waals surface area contributed by atoms with Crippen molar-refractivity contribution in [3.63, 3.8) is 0 Å². The molecule has 0 saturated carbocycles. The number of nitrogens with one attached hydrogen (secondary N) is 1. The maximum atomic E-state index is 13.5. The highest BCUT2D eigenvalue weighted by molar-refractivity contribution is 7.99. The van der Waals surface area contributed by atoms with Crippen molar-refractivity contribution >= 4 is 45.1 Å². The van der Waals surface area contributed by atoms with Crippen molar-refractivity contribution in [1.29, 1.82) is 0 Å². The van der Waals surface area contributed by atoms with Crippen LogP contribution in [0.2, 0.25) is 0 Å². The second-order valence-corrected chi connectivity index (χ2v) is 9.61. The van der Waals surface area contributed by atoms with E-state index < -0.39 is 0 Å². The summed E-state index contributed by atoms with van der Waals surface area (Å²) in [5, 5.41) is 10.9. The smallest absolute Gasteiger partial charge is 0.267 e. The molecule has 0 aliphatic heterocycles. The topological polar surface area (TPSA) is 85.0 Å². The van der Waals surface area contributed by atoms with Gasteiger partial charge in [-0.15, -0.1) is 10.2 Å². The number of H-pyrrole nitrogens is 1. The zero-order valence-corrected chi connectivity index (χ0v) is 20.7. The number of fused-ring (bicyclic) bond motifs is 4. The van der Waals surface area contributed by atoms with Crippen LogP contribution < -0.4 is 5.56 Å². The Kier molecular flexibility index (Phi) is 5.45. The number of thioether (sulfide) groups is 1. The van der Waals surface area contributed by atoms with E-state index in [0.717, 1.165) is 28.6 Å². The normalized spacial score (nSPS) is 11.6. The maximum absolute atomic E-state index is 13.5. The molecule has 1 N–H and O–H groups in total. The highest BCUT2D eigenvalue weighted by atomic mass is 32.2. The fourth-order valence-corrected chi connectivity index (χ4v) is 5.58. The SMILES string of the molecule is CCc1cccc2c(C(=O)CSc3nnc4n(-c5ccccc5C)c(=O)c5ccccc5n34)c[nH]c12. The Hall–Kier alpha value is -4.17. The summed E-state index contributed by atoms with van der Waals surface area (Å²) < 4.78 is 3.47. The molecule has 178 valence electrons. The van der Waals surface area contributed by atoms with Crippen molar-refractivity contribution in [2.45, 2.75) is 25.4 Å². The molecular weight excluding hydrogens is 470 g/mol. The monoisotopic (exact) mass is 493 g/mol. The molecule has 3 heterocycles. The van der Waals surface area contributed by atoms with Gasteiger partial charge in [0.2, 0.25) is 5.78 Å². The molecule has 0 aliphatic carbocycles. The number of aryl methyl sites for hydroxylation is 2. The van der Waals surface area contributed by atoms with Gasteiger partial charge < -0.3 is 4.98 Å². The van der Waals surface area contributed by atoms with Crippen LogP contribution in [0.1, 0.15) is 28.4 Å². The molecule has 6 aromatic rings. The van der Waals surface area contributed by atoms with Gasteiger partial charge in [0.25, 0.3) is 5.56 Å². The van der Waals surface area contributed by atoms with Crippen LogP contribution in [0.15, 0.2) is 82.9 Å². The third-order valence-corrected chi connectivity index (χ3v) is 7.50. The van der Waals surface area contributed by atoms with E-state index in [-0.39, 0.29) is 17.1 Å². The van der Waals surface area contributed by atoms with Crippen LogP contribution in [0, 0.1) is 6.92 Å². The van der Waals surface area contributed by atoms with Gasteiger partial charge in [-0.2, -0.15) is 0 Å². The quantitative estimate of drug-likeness (QED) is 0.249. The molecule has 6 rings (SSSR count). The molecule has 36 heavy (non-hydrogen) atoms. The predicted octanol–water partition coefficient (Wildman–Crippen LogP) is 5.36. The first kappa shape index (κ1) is 22.3. The number of aromatic nitrogens is 5. The molecule has 0 bridgehead atoms.